The highest BCUT2D eigenvalue weighted by Gasteiger charge is 2.13. The van der Waals surface area contributed by atoms with Crippen LogP contribution in [0.15, 0.2) is 47.6 Å². The highest BCUT2D eigenvalue weighted by Crippen LogP contribution is 2.32. The predicted octanol–water partition coefficient (Wildman–Crippen LogP) is 3.06. The molecule has 0 unspecified atom stereocenters. The van der Waals surface area contributed by atoms with Crippen molar-refractivity contribution in [2.45, 2.75) is 19.8 Å². The lowest BCUT2D eigenvalue weighted by molar-refractivity contribution is -0.123. The third-order valence-electron chi connectivity index (χ3n) is 3.78. The molecule has 0 radical (unpaired) electrons. The first-order valence-corrected chi connectivity index (χ1v) is 8.19. The van der Waals surface area contributed by atoms with E-state index >= 15 is 0 Å². The Balaban J connectivity index is 1.43. The molecule has 2 aromatic carbocycles. The third-order valence-corrected chi connectivity index (χ3v) is 3.78. The van der Waals surface area contributed by atoms with Crippen molar-refractivity contribution in [2.24, 2.45) is 5.10 Å². The van der Waals surface area contributed by atoms with Gasteiger partial charge in [-0.3, -0.25) is 4.79 Å². The first-order valence-electron chi connectivity index (χ1n) is 8.19. The van der Waals surface area contributed by atoms with Crippen LogP contribution in [0, 0.1) is 5.82 Å². The summed E-state index contributed by atoms with van der Waals surface area (Å²) in [5.41, 5.74) is 4.27. The SMILES string of the molecule is C/C(CCc1ccc2c(c1)OCO2)=N\NC(=O)COc1ccccc1F. The number of fused-ring (bicyclic) bond motifs is 1. The summed E-state index contributed by atoms with van der Waals surface area (Å²) in [4.78, 5) is 11.7. The topological polar surface area (TPSA) is 69.2 Å². The van der Waals surface area contributed by atoms with Gasteiger partial charge in [-0.25, -0.2) is 9.82 Å². The van der Waals surface area contributed by atoms with E-state index in [4.69, 9.17) is 14.2 Å². The largest absolute Gasteiger partial charge is 0.481 e. The minimum atomic E-state index is -0.510. The molecule has 0 fully saturated rings. The Labute approximate surface area is 150 Å². The van der Waals surface area contributed by atoms with E-state index < -0.39 is 11.7 Å². The van der Waals surface area contributed by atoms with Crippen LogP contribution in [0.1, 0.15) is 18.9 Å². The average Bonchev–Trinajstić information content (AvgIpc) is 3.12. The van der Waals surface area contributed by atoms with E-state index in [0.29, 0.717) is 6.42 Å². The van der Waals surface area contributed by atoms with Crippen molar-refractivity contribution in [3.8, 4) is 17.2 Å². The quantitative estimate of drug-likeness (QED) is 0.610. The molecule has 1 heterocycles. The number of carbonyl (C=O) groups excluding carboxylic acids is 1. The van der Waals surface area contributed by atoms with Gasteiger partial charge in [-0.1, -0.05) is 18.2 Å². The fraction of sp³-hybridized carbons (Fsp3) is 0.263. The van der Waals surface area contributed by atoms with Gasteiger partial charge in [0.25, 0.3) is 5.91 Å². The summed E-state index contributed by atoms with van der Waals surface area (Å²) in [5, 5.41) is 4.03. The van der Waals surface area contributed by atoms with Crippen LogP contribution in [0.5, 0.6) is 17.2 Å². The van der Waals surface area contributed by atoms with E-state index in [1.807, 2.05) is 25.1 Å². The molecule has 0 aromatic heterocycles. The van der Waals surface area contributed by atoms with Crippen molar-refractivity contribution in [3.05, 3.63) is 53.8 Å². The van der Waals surface area contributed by atoms with Gasteiger partial charge in [0.1, 0.15) is 0 Å². The van der Waals surface area contributed by atoms with Crippen LogP contribution in [-0.2, 0) is 11.2 Å². The minimum Gasteiger partial charge on any atom is -0.481 e. The molecule has 0 atom stereocenters. The van der Waals surface area contributed by atoms with Crippen molar-refractivity contribution in [1.82, 2.24) is 5.43 Å². The van der Waals surface area contributed by atoms with Gasteiger partial charge in [-0.05, 0) is 49.6 Å². The zero-order valence-electron chi connectivity index (χ0n) is 14.3. The highest BCUT2D eigenvalue weighted by atomic mass is 19.1. The Morgan fingerprint density at radius 3 is 2.88 bits per heavy atom. The van der Waals surface area contributed by atoms with Crippen LogP contribution in [0.3, 0.4) is 0 Å². The molecule has 1 aliphatic rings. The number of hydrogen-bond acceptors (Lipinski definition) is 5. The normalized spacial score (nSPS) is 12.8. The number of ether oxygens (including phenoxy) is 3. The van der Waals surface area contributed by atoms with E-state index in [9.17, 15) is 9.18 Å². The highest BCUT2D eigenvalue weighted by molar-refractivity contribution is 5.85. The van der Waals surface area contributed by atoms with Gasteiger partial charge in [-0.15, -0.1) is 0 Å². The van der Waals surface area contributed by atoms with E-state index in [0.717, 1.165) is 29.2 Å². The maximum atomic E-state index is 13.4. The zero-order valence-corrected chi connectivity index (χ0v) is 14.3. The molecule has 136 valence electrons. The van der Waals surface area contributed by atoms with Gasteiger partial charge in [-0.2, -0.15) is 5.10 Å². The summed E-state index contributed by atoms with van der Waals surface area (Å²) < 4.78 is 29.1. The summed E-state index contributed by atoms with van der Waals surface area (Å²) in [7, 11) is 0. The number of hydrogen-bond donors (Lipinski definition) is 1. The van der Waals surface area contributed by atoms with Gasteiger partial charge in [0.2, 0.25) is 6.79 Å². The average molecular weight is 358 g/mol. The number of benzene rings is 2. The number of nitrogens with one attached hydrogen (secondary N) is 1. The van der Waals surface area contributed by atoms with Gasteiger partial charge in [0.05, 0.1) is 0 Å². The molecule has 2 aromatic rings. The summed E-state index contributed by atoms with van der Waals surface area (Å²) in [6.45, 7) is 1.77. The van der Waals surface area contributed by atoms with Crippen molar-refractivity contribution in [3.63, 3.8) is 0 Å². The Bertz CT molecular complexity index is 823. The van der Waals surface area contributed by atoms with Gasteiger partial charge < -0.3 is 14.2 Å². The number of halogens is 1. The van der Waals surface area contributed by atoms with E-state index in [1.165, 1.54) is 12.1 Å². The van der Waals surface area contributed by atoms with Crippen molar-refractivity contribution >= 4 is 11.6 Å². The van der Waals surface area contributed by atoms with Crippen molar-refractivity contribution in [1.29, 1.82) is 0 Å². The molecule has 0 saturated carbocycles. The molecular weight excluding hydrogens is 339 g/mol. The third kappa shape index (κ3) is 4.72. The second kappa shape index (κ2) is 8.33. The number of amides is 1. The standard InChI is InChI=1S/C19H19FN2O4/c1-13(6-7-14-8-9-17-18(10-14)26-12-25-17)21-22-19(23)11-24-16-5-3-2-4-15(16)20/h2-5,8-10H,6-7,11-12H2,1H3,(H,22,23)/b21-13+. The lowest BCUT2D eigenvalue weighted by Gasteiger charge is -2.06. The molecule has 0 aliphatic carbocycles. The monoisotopic (exact) mass is 358 g/mol. The van der Waals surface area contributed by atoms with Gasteiger partial charge in [0, 0.05) is 5.71 Å². The fourth-order valence-corrected chi connectivity index (χ4v) is 2.37. The lowest BCUT2D eigenvalue weighted by atomic mass is 10.1. The molecule has 0 bridgehead atoms. The van der Waals surface area contributed by atoms with Gasteiger partial charge >= 0.3 is 0 Å². The molecular formula is C19H19FN2O4. The minimum absolute atomic E-state index is 0.0335. The Morgan fingerprint density at radius 2 is 2.04 bits per heavy atom. The summed E-state index contributed by atoms with van der Waals surface area (Å²) in [6.07, 6.45) is 1.43. The molecule has 1 amide bonds. The Hall–Kier alpha value is -3.09. The van der Waals surface area contributed by atoms with E-state index in [-0.39, 0.29) is 19.1 Å². The number of aryl methyl sites for hydroxylation is 1. The molecule has 0 saturated heterocycles. The van der Waals surface area contributed by atoms with Crippen molar-refractivity contribution < 1.29 is 23.4 Å². The number of rotatable bonds is 7. The summed E-state index contributed by atoms with van der Waals surface area (Å²) in [6, 6.07) is 11.7. The summed E-state index contributed by atoms with van der Waals surface area (Å²) in [5.74, 6) is 0.572. The molecule has 0 spiro atoms. The predicted molar refractivity (Wildman–Crippen MR) is 94.0 cm³/mol. The Kier molecular flexibility index (Phi) is 5.68. The number of nitrogens with zero attached hydrogens (tertiary/aromatic N) is 1. The lowest BCUT2D eigenvalue weighted by Crippen LogP contribution is -2.25. The molecule has 1 aliphatic heterocycles. The first kappa shape index (κ1) is 17.7. The van der Waals surface area contributed by atoms with Crippen LogP contribution >= 0.6 is 0 Å². The smallest absolute Gasteiger partial charge is 0.277 e. The van der Waals surface area contributed by atoms with Crippen LogP contribution < -0.4 is 19.6 Å². The first-order chi connectivity index (χ1) is 12.6. The van der Waals surface area contributed by atoms with Crippen LogP contribution in [-0.4, -0.2) is 25.0 Å². The van der Waals surface area contributed by atoms with Crippen LogP contribution in [0.2, 0.25) is 0 Å². The van der Waals surface area contributed by atoms with Crippen LogP contribution in [0.25, 0.3) is 0 Å². The van der Waals surface area contributed by atoms with E-state index in [2.05, 4.69) is 10.5 Å². The van der Waals surface area contributed by atoms with E-state index in [1.54, 1.807) is 12.1 Å². The summed E-state index contributed by atoms with van der Waals surface area (Å²) >= 11 is 0. The molecule has 26 heavy (non-hydrogen) atoms. The van der Waals surface area contributed by atoms with Gasteiger partial charge in [0.15, 0.2) is 29.7 Å². The number of carbonyl (C=O) groups is 1. The number of para-hydroxylation sites is 1. The molecule has 1 N–H and O–H groups in total. The molecule has 7 heteroatoms. The maximum Gasteiger partial charge on any atom is 0.277 e. The second-order valence-corrected chi connectivity index (χ2v) is 5.79. The molecule has 6 nitrogen and oxygen atoms in total. The van der Waals surface area contributed by atoms with Crippen LogP contribution in [0.4, 0.5) is 4.39 Å². The maximum absolute atomic E-state index is 13.4. The Morgan fingerprint density at radius 1 is 1.23 bits per heavy atom. The number of hydrazone groups is 1. The fourth-order valence-electron chi connectivity index (χ4n) is 2.37. The zero-order chi connectivity index (χ0) is 18.4. The second-order valence-electron chi connectivity index (χ2n) is 5.79. The van der Waals surface area contributed by atoms with Crippen molar-refractivity contribution in [2.75, 3.05) is 13.4 Å². The molecule has 3 rings (SSSR count).